The van der Waals surface area contributed by atoms with Crippen molar-refractivity contribution < 1.29 is 27.0 Å². The van der Waals surface area contributed by atoms with Gasteiger partial charge in [0.05, 0.1) is 24.8 Å². The first-order valence-electron chi connectivity index (χ1n) is 8.80. The highest BCUT2D eigenvalue weighted by molar-refractivity contribution is 5.76. The lowest BCUT2D eigenvalue weighted by Gasteiger charge is -2.13. The van der Waals surface area contributed by atoms with Crippen LogP contribution in [-0.2, 0) is 27.2 Å². The highest BCUT2D eigenvalue weighted by Gasteiger charge is 2.10. The van der Waals surface area contributed by atoms with Gasteiger partial charge in [0.1, 0.15) is 6.61 Å². The topological polar surface area (TPSA) is 77.7 Å². The molecule has 0 atom stereocenters. The molecular formula is C20H25ClN3O4-. The van der Waals surface area contributed by atoms with Crippen molar-refractivity contribution in [1.82, 2.24) is 14.5 Å². The molecule has 28 heavy (non-hydrogen) atoms. The van der Waals surface area contributed by atoms with Crippen molar-refractivity contribution in [3.8, 4) is 11.5 Å². The van der Waals surface area contributed by atoms with Gasteiger partial charge in [-0.05, 0) is 35.4 Å². The molecule has 1 heterocycles. The van der Waals surface area contributed by atoms with Crippen molar-refractivity contribution in [3.63, 3.8) is 0 Å². The van der Waals surface area contributed by atoms with E-state index in [-0.39, 0.29) is 24.7 Å². The van der Waals surface area contributed by atoms with Crippen LogP contribution in [0.1, 0.15) is 11.1 Å². The normalized spacial score (nSPS) is 10.7. The maximum Gasteiger partial charge on any atom is 0.328 e. The van der Waals surface area contributed by atoms with Gasteiger partial charge in [0.2, 0.25) is 0 Å². The molecule has 0 saturated heterocycles. The second kappa shape index (κ2) is 9.64. The van der Waals surface area contributed by atoms with Crippen LogP contribution < -0.4 is 32.9 Å². The van der Waals surface area contributed by atoms with E-state index in [2.05, 4.69) is 5.32 Å². The second-order valence-corrected chi connectivity index (χ2v) is 6.40. The highest BCUT2D eigenvalue weighted by Crippen LogP contribution is 2.29. The number of fused-ring (bicyclic) bond motifs is 1. The molecule has 0 aliphatic rings. The van der Waals surface area contributed by atoms with Gasteiger partial charge in [-0.1, -0.05) is 12.1 Å². The standard InChI is InChI=1S/C20H25N3O4.ClH/c1-22-16-6-4-15(10-17(16)23(2)20(22)25)13-27-18-7-5-14(11-19(18)26-3)12-21-8-9-24;/h4-7,10-11,21,24H,8-9,12-13H2,1-3H3;1H/p-1. The van der Waals surface area contributed by atoms with Crippen molar-refractivity contribution in [2.45, 2.75) is 13.2 Å². The number of ether oxygens (including phenoxy) is 2. The molecule has 0 bridgehead atoms. The first-order chi connectivity index (χ1) is 13.0. The molecule has 0 aliphatic heterocycles. The monoisotopic (exact) mass is 406 g/mol. The summed E-state index contributed by atoms with van der Waals surface area (Å²) in [5.41, 5.74) is 3.74. The first-order valence-corrected chi connectivity index (χ1v) is 8.80. The molecule has 0 amide bonds. The fraction of sp³-hybridized carbons (Fsp3) is 0.350. The van der Waals surface area contributed by atoms with Crippen LogP contribution in [0.25, 0.3) is 11.0 Å². The van der Waals surface area contributed by atoms with E-state index in [1.807, 2.05) is 36.4 Å². The number of benzene rings is 2. The van der Waals surface area contributed by atoms with E-state index in [1.54, 1.807) is 30.3 Å². The zero-order valence-electron chi connectivity index (χ0n) is 16.2. The number of aryl methyl sites for hydroxylation is 2. The van der Waals surface area contributed by atoms with Crippen molar-refractivity contribution in [1.29, 1.82) is 0 Å². The van der Waals surface area contributed by atoms with Gasteiger partial charge in [-0.25, -0.2) is 4.79 Å². The number of imidazole rings is 1. The average Bonchev–Trinajstić information content (AvgIpc) is 2.91. The Morgan fingerprint density at radius 3 is 2.43 bits per heavy atom. The zero-order valence-corrected chi connectivity index (χ0v) is 17.0. The number of methoxy groups -OCH3 is 1. The van der Waals surface area contributed by atoms with Gasteiger partial charge >= 0.3 is 5.69 Å². The average molecular weight is 407 g/mol. The van der Waals surface area contributed by atoms with Gasteiger partial charge in [-0.15, -0.1) is 0 Å². The van der Waals surface area contributed by atoms with Gasteiger partial charge in [-0.3, -0.25) is 9.13 Å². The summed E-state index contributed by atoms with van der Waals surface area (Å²) in [6.45, 7) is 1.67. The highest BCUT2D eigenvalue weighted by atomic mass is 35.5. The Bertz CT molecular complexity index is 997. The summed E-state index contributed by atoms with van der Waals surface area (Å²) in [6, 6.07) is 11.6. The molecule has 3 aromatic rings. The predicted octanol–water partition coefficient (Wildman–Crippen LogP) is -1.45. The van der Waals surface area contributed by atoms with Gasteiger partial charge in [-0.2, -0.15) is 0 Å². The molecule has 0 saturated carbocycles. The molecule has 0 spiro atoms. The molecule has 0 aliphatic carbocycles. The largest absolute Gasteiger partial charge is 1.00 e. The summed E-state index contributed by atoms with van der Waals surface area (Å²) in [4.78, 5) is 12.0. The summed E-state index contributed by atoms with van der Waals surface area (Å²) >= 11 is 0. The Kier molecular flexibility index (Phi) is 7.51. The Morgan fingerprint density at radius 2 is 1.71 bits per heavy atom. The van der Waals surface area contributed by atoms with Gasteiger partial charge in [0, 0.05) is 27.2 Å². The van der Waals surface area contributed by atoms with Crippen LogP contribution in [0.15, 0.2) is 41.2 Å². The third-order valence-corrected chi connectivity index (χ3v) is 4.58. The molecule has 1 aromatic heterocycles. The molecule has 0 fully saturated rings. The van der Waals surface area contributed by atoms with E-state index >= 15 is 0 Å². The fourth-order valence-electron chi connectivity index (χ4n) is 3.06. The molecule has 3 rings (SSSR count). The molecule has 7 nitrogen and oxygen atoms in total. The molecule has 0 radical (unpaired) electrons. The number of hydrogen-bond acceptors (Lipinski definition) is 5. The van der Waals surface area contributed by atoms with E-state index in [1.165, 1.54) is 0 Å². The van der Waals surface area contributed by atoms with Crippen LogP contribution >= 0.6 is 0 Å². The third kappa shape index (κ3) is 4.49. The van der Waals surface area contributed by atoms with Crippen molar-refractivity contribution in [3.05, 3.63) is 58.0 Å². The van der Waals surface area contributed by atoms with E-state index < -0.39 is 0 Å². The maximum absolute atomic E-state index is 12.0. The predicted molar refractivity (Wildman–Crippen MR) is 104 cm³/mol. The minimum Gasteiger partial charge on any atom is -1.00 e. The van der Waals surface area contributed by atoms with Gasteiger partial charge in [0.25, 0.3) is 0 Å². The van der Waals surface area contributed by atoms with Crippen LogP contribution in [0.4, 0.5) is 0 Å². The van der Waals surface area contributed by atoms with E-state index in [4.69, 9.17) is 14.6 Å². The molecular weight excluding hydrogens is 382 g/mol. The third-order valence-electron chi connectivity index (χ3n) is 4.58. The Morgan fingerprint density at radius 1 is 1.00 bits per heavy atom. The minimum atomic E-state index is -0.0462. The van der Waals surface area contributed by atoms with Crippen LogP contribution in [0, 0.1) is 0 Å². The summed E-state index contributed by atoms with van der Waals surface area (Å²) in [6.07, 6.45) is 0. The Hall–Kier alpha value is -2.48. The smallest absolute Gasteiger partial charge is 0.328 e. The molecule has 8 heteroatoms. The minimum absolute atomic E-state index is 0. The molecule has 2 aromatic carbocycles. The lowest BCUT2D eigenvalue weighted by atomic mass is 10.2. The number of nitrogens with zero attached hydrogens (tertiary/aromatic N) is 2. The fourth-order valence-corrected chi connectivity index (χ4v) is 3.06. The lowest BCUT2D eigenvalue weighted by Crippen LogP contribution is -3.00. The number of halogens is 1. The lowest BCUT2D eigenvalue weighted by molar-refractivity contribution is -0.00000730. The van der Waals surface area contributed by atoms with Crippen LogP contribution in [-0.4, -0.2) is 34.5 Å². The quantitative estimate of drug-likeness (QED) is 0.448. The molecule has 2 N–H and O–H groups in total. The molecule has 152 valence electrons. The molecule has 0 unspecified atom stereocenters. The zero-order chi connectivity index (χ0) is 19.4. The van der Waals surface area contributed by atoms with Crippen LogP contribution in [0.2, 0.25) is 0 Å². The summed E-state index contributed by atoms with van der Waals surface area (Å²) in [5.74, 6) is 1.32. The Balaban J connectivity index is 0.00000280. The van der Waals surface area contributed by atoms with Gasteiger partial charge < -0.3 is 32.3 Å². The van der Waals surface area contributed by atoms with Gasteiger partial charge in [0.15, 0.2) is 11.5 Å². The van der Waals surface area contributed by atoms with E-state index in [9.17, 15) is 4.79 Å². The number of rotatable bonds is 8. The van der Waals surface area contributed by atoms with Crippen LogP contribution in [0.3, 0.4) is 0 Å². The Labute approximate surface area is 169 Å². The number of aromatic nitrogens is 2. The second-order valence-electron chi connectivity index (χ2n) is 6.40. The number of nitrogens with one attached hydrogen (secondary N) is 1. The summed E-state index contributed by atoms with van der Waals surface area (Å²) < 4.78 is 14.6. The SMILES string of the molecule is COc1cc(CNCCO)ccc1OCc1ccc2c(c1)n(C)c(=O)n2C.[Cl-]. The number of aliphatic hydroxyl groups excluding tert-OH is 1. The number of aliphatic hydroxyl groups is 1. The van der Waals surface area contributed by atoms with E-state index in [0.29, 0.717) is 31.2 Å². The summed E-state index contributed by atoms with van der Waals surface area (Å²) in [7, 11) is 5.14. The van der Waals surface area contributed by atoms with E-state index in [0.717, 1.165) is 22.2 Å². The maximum atomic E-state index is 12.0. The first kappa shape index (κ1) is 21.8. The number of hydrogen-bond donors (Lipinski definition) is 2. The van der Waals surface area contributed by atoms with Crippen LogP contribution in [0.5, 0.6) is 11.5 Å². The van der Waals surface area contributed by atoms with Crippen molar-refractivity contribution in [2.75, 3.05) is 20.3 Å². The van der Waals surface area contributed by atoms with Crippen molar-refractivity contribution >= 4 is 11.0 Å². The van der Waals surface area contributed by atoms with Crippen molar-refractivity contribution in [2.24, 2.45) is 14.1 Å². The summed E-state index contributed by atoms with van der Waals surface area (Å²) in [5, 5.41) is 12.0.